The molecule has 5 aromatic carbocycles. The number of nitrogen functional groups attached to an aromatic ring is 1. The highest BCUT2D eigenvalue weighted by Crippen LogP contribution is 2.49. The number of dihydropyridines is 1. The lowest BCUT2D eigenvalue weighted by Crippen LogP contribution is -2.31. The van der Waals surface area contributed by atoms with Crippen LogP contribution in [0.25, 0.3) is 10.8 Å². The fourth-order valence-corrected chi connectivity index (χ4v) is 10.2. The van der Waals surface area contributed by atoms with Gasteiger partial charge in [-0.1, -0.05) is 10.1 Å². The second-order valence-electron chi connectivity index (χ2n) is 13.5. The molecule has 0 saturated carbocycles. The van der Waals surface area contributed by atoms with Gasteiger partial charge in [0.2, 0.25) is 0 Å². The van der Waals surface area contributed by atoms with Crippen molar-refractivity contribution in [3.63, 3.8) is 0 Å². The first-order valence-corrected chi connectivity index (χ1v) is 26.0. The fourth-order valence-electron chi connectivity index (χ4n) is 5.82. The molecule has 1 atom stereocenters. The number of phenols is 1. The maximum atomic E-state index is 13.2. The number of benzene rings is 5. The predicted octanol–water partition coefficient (Wildman–Crippen LogP) is 5.44. The Hall–Kier alpha value is -6.26. The van der Waals surface area contributed by atoms with Crippen molar-refractivity contribution in [3.05, 3.63) is 91.0 Å². The third kappa shape index (κ3) is 13.1. The molecular formula is C35H33N11O18S6. The SMILES string of the molecule is NC1=NC(N)C=C/C1=N/Nc1ccc(NS(=O)(=O)c2ccc(N=Nc3c(S(=O)(=O)O)cc4cc(SOOO)c(N=Nc5ccc(S(=O)(=O)CCOSOOO)cc5S(=O)(=O)O)c(N)c4c3O)cc2)cc1. The fraction of sp³-hybridized carbons (Fsp3) is 0.0857. The van der Waals surface area contributed by atoms with Crippen molar-refractivity contribution < 1.29 is 81.3 Å². The Kier molecular flexibility index (Phi) is 16.9. The van der Waals surface area contributed by atoms with Gasteiger partial charge >= 0.3 is 0 Å². The Bertz CT molecular complexity index is 3420. The minimum Gasteiger partial charge on any atom is -0.505 e. The summed E-state index contributed by atoms with van der Waals surface area (Å²) in [7, 11) is -19.0. The van der Waals surface area contributed by atoms with Crippen LogP contribution in [0.3, 0.4) is 0 Å². The zero-order valence-corrected chi connectivity index (χ0v) is 39.5. The monoisotopic (exact) mass is 1090 g/mol. The third-order valence-electron chi connectivity index (χ3n) is 8.97. The van der Waals surface area contributed by atoms with Crippen molar-refractivity contribution in [1.82, 2.24) is 0 Å². The smallest absolute Gasteiger partial charge is 0.296 e. The minimum absolute atomic E-state index is 0.0863. The molecule has 13 N–H and O–H groups in total. The summed E-state index contributed by atoms with van der Waals surface area (Å²) in [6.07, 6.45) is 2.60. The van der Waals surface area contributed by atoms with Gasteiger partial charge in [-0.2, -0.15) is 27.1 Å². The molecule has 1 aliphatic rings. The van der Waals surface area contributed by atoms with E-state index in [2.05, 4.69) is 59.4 Å². The van der Waals surface area contributed by atoms with E-state index in [9.17, 15) is 47.9 Å². The molecule has 29 nitrogen and oxygen atoms in total. The van der Waals surface area contributed by atoms with Gasteiger partial charge in [-0.15, -0.1) is 24.0 Å². The summed E-state index contributed by atoms with van der Waals surface area (Å²) < 4.78 is 138. The van der Waals surface area contributed by atoms with Gasteiger partial charge in [0.05, 0.1) is 61.5 Å². The number of aliphatic imine (C=N–C) groups is 1. The van der Waals surface area contributed by atoms with Crippen molar-refractivity contribution in [2.75, 3.05) is 28.2 Å². The van der Waals surface area contributed by atoms with Gasteiger partial charge in [0.25, 0.3) is 30.3 Å². The van der Waals surface area contributed by atoms with E-state index in [1.54, 1.807) is 12.2 Å². The highest BCUT2D eigenvalue weighted by molar-refractivity contribution is 7.94. The van der Waals surface area contributed by atoms with E-state index < -0.39 is 107 Å². The van der Waals surface area contributed by atoms with Gasteiger partial charge in [-0.05, 0) is 96.4 Å². The van der Waals surface area contributed by atoms with Crippen LogP contribution < -0.4 is 27.3 Å². The van der Waals surface area contributed by atoms with Gasteiger partial charge in [-0.3, -0.25) is 23.4 Å². The van der Waals surface area contributed by atoms with E-state index in [4.69, 9.17) is 31.9 Å². The number of rotatable bonds is 21. The molecule has 0 spiro atoms. The number of anilines is 3. The lowest BCUT2D eigenvalue weighted by Gasteiger charge is -2.14. The van der Waals surface area contributed by atoms with Gasteiger partial charge in [-0.25, -0.2) is 32.3 Å². The van der Waals surface area contributed by atoms with Crippen LogP contribution >= 0.6 is 24.4 Å². The summed E-state index contributed by atoms with van der Waals surface area (Å²) >= 11 is 0.268. The number of hydrogen-bond acceptors (Lipinski definition) is 28. The summed E-state index contributed by atoms with van der Waals surface area (Å²) in [5.74, 6) is -1.66. The van der Waals surface area contributed by atoms with Gasteiger partial charge in [0.15, 0.2) is 27.9 Å². The highest BCUT2D eigenvalue weighted by Gasteiger charge is 2.27. The quantitative estimate of drug-likeness (QED) is 0.00832. The highest BCUT2D eigenvalue weighted by atomic mass is 32.2. The number of nitrogens with one attached hydrogen (secondary N) is 2. The molecule has 0 fully saturated rings. The molecule has 5 aromatic rings. The van der Waals surface area contributed by atoms with E-state index >= 15 is 0 Å². The van der Waals surface area contributed by atoms with Gasteiger partial charge in [0, 0.05) is 5.69 Å². The van der Waals surface area contributed by atoms with E-state index in [1.807, 2.05) is 0 Å². The second-order valence-corrected chi connectivity index (χ2v) is 21.3. The van der Waals surface area contributed by atoms with Crippen LogP contribution in [0.5, 0.6) is 5.75 Å². The number of aromatic hydroxyl groups is 1. The first-order chi connectivity index (χ1) is 33.0. The van der Waals surface area contributed by atoms with Crippen molar-refractivity contribution in [1.29, 1.82) is 0 Å². The Morgan fingerprint density at radius 2 is 1.39 bits per heavy atom. The van der Waals surface area contributed by atoms with Crippen LogP contribution in [0.15, 0.2) is 146 Å². The van der Waals surface area contributed by atoms with Crippen molar-refractivity contribution in [3.8, 4) is 5.75 Å². The molecular weight excluding hydrogens is 1050 g/mol. The Balaban J connectivity index is 1.29. The molecule has 35 heteroatoms. The van der Waals surface area contributed by atoms with Crippen molar-refractivity contribution >= 4 is 127 Å². The summed E-state index contributed by atoms with van der Waals surface area (Å²) in [5, 5.41) is 54.3. The van der Waals surface area contributed by atoms with E-state index in [0.717, 1.165) is 36.4 Å². The maximum absolute atomic E-state index is 13.2. The minimum atomic E-state index is -5.24. The van der Waals surface area contributed by atoms with Gasteiger partial charge in [0.1, 0.15) is 44.6 Å². The molecule has 70 heavy (non-hydrogen) atoms. The number of sulfonamides is 1. The number of fused-ring (bicyclic) bond motifs is 1. The van der Waals surface area contributed by atoms with Crippen LogP contribution in [0.1, 0.15) is 0 Å². The second kappa shape index (κ2) is 22.2. The largest absolute Gasteiger partial charge is 0.505 e. The van der Waals surface area contributed by atoms with Crippen LogP contribution in [-0.2, 0) is 63.0 Å². The van der Waals surface area contributed by atoms with Gasteiger partial charge < -0.3 is 22.3 Å². The van der Waals surface area contributed by atoms with E-state index in [-0.39, 0.29) is 56.8 Å². The predicted molar refractivity (Wildman–Crippen MR) is 249 cm³/mol. The van der Waals surface area contributed by atoms with Crippen molar-refractivity contribution in [2.45, 2.75) is 30.6 Å². The summed E-state index contributed by atoms with van der Waals surface area (Å²) in [6, 6.07) is 14.8. The number of azo groups is 2. The van der Waals surface area contributed by atoms with Crippen LogP contribution in [-0.4, -0.2) is 88.5 Å². The lowest BCUT2D eigenvalue weighted by atomic mass is 10.1. The number of hydrazone groups is 1. The zero-order valence-electron chi connectivity index (χ0n) is 34.6. The Morgan fingerprint density at radius 3 is 2.03 bits per heavy atom. The number of phenolic OH excluding ortho intramolecular Hbond substituents is 1. The average Bonchev–Trinajstić information content (AvgIpc) is 3.29. The molecule has 0 amide bonds. The first-order valence-electron chi connectivity index (χ1n) is 18.5. The lowest BCUT2D eigenvalue weighted by molar-refractivity contribution is -0.434. The number of hydrogen-bond donors (Lipinski definition) is 10. The molecule has 6 rings (SSSR count). The van der Waals surface area contributed by atoms with Crippen LogP contribution in [0.2, 0.25) is 0 Å². The van der Waals surface area contributed by atoms with E-state index in [1.165, 1.54) is 36.4 Å². The standard InChI is InChI=1S/C35H33N11O18S6/c36-29-12-11-25(35(38)39-29)43-40-19-1-3-21(4-2-19)46-68(52,53)22-7-5-20(6-8-22)41-45-33-28(70(57,58)59)16-18-15-26(65-63-61-48)32(31(37)30(18)34(33)47)44-42-24-10-9-23(17-27(24)69(54,55)56)67(50,51)14-13-60-66-64-62-49/h1-12,15-17,29,40,46-49H,13-14,36-37H2,(H2,38,39)(H,54,55,56)(H,57,58,59)/b43-25-,44-42?,45-41?. The van der Waals surface area contributed by atoms with Crippen LogP contribution in [0.4, 0.5) is 39.8 Å². The van der Waals surface area contributed by atoms with E-state index in [0.29, 0.717) is 17.5 Å². The average molecular weight is 1090 g/mol. The molecule has 0 aliphatic carbocycles. The number of nitrogens with two attached hydrogens (primary N) is 3. The molecule has 1 unspecified atom stereocenters. The summed E-state index contributed by atoms with van der Waals surface area (Å²) in [6.45, 7) is -0.543. The molecule has 0 saturated heterocycles. The Labute approximate surface area is 403 Å². The molecule has 0 aromatic heterocycles. The topological polar surface area (TPSA) is 460 Å². The molecule has 1 aliphatic heterocycles. The van der Waals surface area contributed by atoms with Crippen LogP contribution in [0, 0.1) is 0 Å². The molecule has 0 bridgehead atoms. The number of nitrogens with zero attached hydrogens (tertiary/aromatic N) is 6. The normalized spacial score (nSPS) is 15.3. The summed E-state index contributed by atoms with van der Waals surface area (Å²) in [5.41, 5.74) is 19.0. The first kappa shape index (κ1) is 53.1. The third-order valence-corrected chi connectivity index (χ3v) is 14.8. The Morgan fingerprint density at radius 1 is 0.743 bits per heavy atom. The molecule has 1 heterocycles. The van der Waals surface area contributed by atoms with Crippen molar-refractivity contribution in [2.24, 2.45) is 42.0 Å². The maximum Gasteiger partial charge on any atom is 0.296 e. The zero-order chi connectivity index (χ0) is 51.0. The number of sulfone groups is 1. The summed E-state index contributed by atoms with van der Waals surface area (Å²) in [4.78, 5) is 0.776. The molecule has 372 valence electrons. The number of amidine groups is 1. The molecule has 0 radical (unpaired) electrons.